The molecular weight excluding hydrogens is 376 g/mol. The molecule has 6 nitrogen and oxygen atoms in total. The first-order chi connectivity index (χ1) is 14.6. The molecule has 1 N–H and O–H groups in total. The molecule has 0 spiro atoms. The maximum Gasteiger partial charge on any atom is 0.330 e. The highest BCUT2D eigenvalue weighted by Crippen LogP contribution is 2.42. The van der Waals surface area contributed by atoms with Gasteiger partial charge in [0.25, 0.3) is 5.56 Å². The Bertz CT molecular complexity index is 1220. The third-order valence-corrected chi connectivity index (χ3v) is 5.78. The molecule has 6 heteroatoms. The molecule has 2 heterocycles. The summed E-state index contributed by atoms with van der Waals surface area (Å²) in [6.07, 6.45) is 1.87. The predicted octanol–water partition coefficient (Wildman–Crippen LogP) is 4.05. The molecule has 1 aromatic heterocycles. The molecular formula is C24H24N4O2. The molecule has 0 amide bonds. The van der Waals surface area contributed by atoms with E-state index in [1.165, 1.54) is 4.57 Å². The number of nitrogens with one attached hydrogen (secondary N) is 1. The third-order valence-electron chi connectivity index (χ3n) is 5.78. The van der Waals surface area contributed by atoms with E-state index in [0.29, 0.717) is 17.9 Å². The quantitative estimate of drug-likeness (QED) is 0.700. The fourth-order valence-electron chi connectivity index (χ4n) is 4.19. The number of aromatic amines is 1. The van der Waals surface area contributed by atoms with Crippen LogP contribution in [0.3, 0.4) is 0 Å². The van der Waals surface area contributed by atoms with E-state index in [4.69, 9.17) is 0 Å². The Hall–Kier alpha value is -3.59. The monoisotopic (exact) mass is 400 g/mol. The predicted molar refractivity (Wildman–Crippen MR) is 117 cm³/mol. The zero-order chi connectivity index (χ0) is 21.3. The summed E-state index contributed by atoms with van der Waals surface area (Å²) in [4.78, 5) is 31.6. The Morgan fingerprint density at radius 3 is 2.50 bits per heavy atom. The van der Waals surface area contributed by atoms with Gasteiger partial charge in [0.1, 0.15) is 11.7 Å². The summed E-state index contributed by atoms with van der Waals surface area (Å²) in [5.74, 6) is -0.284. The molecule has 0 bridgehead atoms. The van der Waals surface area contributed by atoms with Crippen LogP contribution in [0.4, 0.5) is 11.5 Å². The Kier molecular flexibility index (Phi) is 5.28. The molecule has 2 aromatic carbocycles. The molecule has 0 radical (unpaired) electrons. The number of H-pyrrole nitrogens is 1. The Labute approximate surface area is 175 Å². The summed E-state index contributed by atoms with van der Waals surface area (Å²) in [5, 5.41) is 9.98. The highest BCUT2D eigenvalue weighted by Gasteiger charge is 2.35. The van der Waals surface area contributed by atoms with E-state index in [2.05, 4.69) is 18.0 Å². The van der Waals surface area contributed by atoms with Crippen molar-refractivity contribution < 1.29 is 0 Å². The molecule has 4 rings (SSSR count). The van der Waals surface area contributed by atoms with E-state index >= 15 is 0 Å². The smallest absolute Gasteiger partial charge is 0.327 e. The van der Waals surface area contributed by atoms with E-state index in [1.807, 2.05) is 66.4 Å². The van der Waals surface area contributed by atoms with E-state index in [1.54, 1.807) is 0 Å². The van der Waals surface area contributed by atoms with Crippen molar-refractivity contribution in [3.8, 4) is 6.07 Å². The van der Waals surface area contributed by atoms with Gasteiger partial charge in [0.05, 0.1) is 17.7 Å². The minimum atomic E-state index is -0.729. The maximum atomic E-state index is 13.6. The van der Waals surface area contributed by atoms with Crippen LogP contribution in [0.2, 0.25) is 0 Å². The number of rotatable bonds is 5. The zero-order valence-electron chi connectivity index (χ0n) is 17.1. The second-order valence-electron chi connectivity index (χ2n) is 7.58. The lowest BCUT2D eigenvalue weighted by Gasteiger charge is -2.35. The van der Waals surface area contributed by atoms with Crippen molar-refractivity contribution in [1.82, 2.24) is 9.55 Å². The van der Waals surface area contributed by atoms with Gasteiger partial charge in [-0.2, -0.15) is 5.26 Å². The van der Waals surface area contributed by atoms with Gasteiger partial charge in [-0.15, -0.1) is 0 Å². The number of nitriles is 1. The number of nitrogens with zero attached hydrogens (tertiary/aromatic N) is 3. The average Bonchev–Trinajstić information content (AvgIpc) is 2.77. The zero-order valence-corrected chi connectivity index (χ0v) is 17.1. The van der Waals surface area contributed by atoms with Crippen LogP contribution in [-0.2, 0) is 0 Å². The summed E-state index contributed by atoms with van der Waals surface area (Å²) >= 11 is 0. The third kappa shape index (κ3) is 3.13. The van der Waals surface area contributed by atoms with Crippen molar-refractivity contribution in [2.24, 2.45) is 0 Å². The Morgan fingerprint density at radius 1 is 1.10 bits per heavy atom. The first-order valence-corrected chi connectivity index (χ1v) is 10.3. The molecule has 0 saturated heterocycles. The molecule has 0 unspecified atom stereocenters. The second kappa shape index (κ2) is 8.03. The van der Waals surface area contributed by atoms with Crippen molar-refractivity contribution in [2.45, 2.75) is 38.6 Å². The van der Waals surface area contributed by atoms with Crippen molar-refractivity contribution in [3.05, 3.63) is 92.1 Å². The molecule has 30 heavy (non-hydrogen) atoms. The number of benzene rings is 2. The summed E-state index contributed by atoms with van der Waals surface area (Å²) in [5.41, 5.74) is 1.99. The first-order valence-electron chi connectivity index (χ1n) is 10.3. The van der Waals surface area contributed by atoms with Gasteiger partial charge in [-0.25, -0.2) is 4.79 Å². The van der Waals surface area contributed by atoms with Gasteiger partial charge in [-0.3, -0.25) is 14.3 Å². The number of aromatic nitrogens is 2. The van der Waals surface area contributed by atoms with Crippen LogP contribution in [0.5, 0.6) is 0 Å². The van der Waals surface area contributed by atoms with Gasteiger partial charge in [-0.1, -0.05) is 61.9 Å². The Morgan fingerprint density at radius 2 is 1.80 bits per heavy atom. The topological polar surface area (TPSA) is 81.9 Å². The number of hydrogen-bond donors (Lipinski definition) is 1. The first kappa shape index (κ1) is 19.7. The number of unbranched alkanes of at least 4 members (excludes halogenated alkanes) is 1. The second-order valence-corrected chi connectivity index (χ2v) is 7.58. The molecule has 152 valence electrons. The molecule has 0 fully saturated rings. The minimum absolute atomic E-state index is 0.342. The number of para-hydroxylation sites is 1. The minimum Gasteiger partial charge on any atom is -0.327 e. The molecule has 0 aliphatic carbocycles. The van der Waals surface area contributed by atoms with E-state index in [0.717, 1.165) is 29.7 Å². The van der Waals surface area contributed by atoms with E-state index in [-0.39, 0.29) is 0 Å². The molecule has 1 aliphatic rings. The van der Waals surface area contributed by atoms with Crippen molar-refractivity contribution >= 4 is 11.5 Å². The Balaban J connectivity index is 1.96. The van der Waals surface area contributed by atoms with Crippen LogP contribution < -0.4 is 16.1 Å². The standard InChI is InChI=1S/C24H24N4O2/c1-3-4-14-27-20-13-9-8-12-18(20)19(15-25)21-22(27)26-24(30)28(23(21)29)16(2)17-10-6-5-7-11-17/h5-13,16,19H,3-4,14H2,1-2H3,(H,26,30)/t16-,19-/m0/s1. The fourth-order valence-corrected chi connectivity index (χ4v) is 4.19. The molecule has 2 atom stereocenters. The lowest BCUT2D eigenvalue weighted by atomic mass is 9.88. The lowest BCUT2D eigenvalue weighted by Crippen LogP contribution is -2.44. The van der Waals surface area contributed by atoms with Crippen LogP contribution in [0.25, 0.3) is 0 Å². The SMILES string of the molecule is CCCCN1c2ccccc2[C@H](C#N)c2c1[nH]c(=O)n([C@@H](C)c1ccccc1)c2=O. The molecule has 3 aromatic rings. The summed E-state index contributed by atoms with van der Waals surface area (Å²) < 4.78 is 1.23. The number of fused-ring (bicyclic) bond motifs is 2. The number of hydrogen-bond acceptors (Lipinski definition) is 4. The highest BCUT2D eigenvalue weighted by molar-refractivity contribution is 5.74. The van der Waals surface area contributed by atoms with Gasteiger partial charge in [-0.05, 0) is 30.5 Å². The van der Waals surface area contributed by atoms with E-state index < -0.39 is 23.2 Å². The van der Waals surface area contributed by atoms with E-state index in [9.17, 15) is 14.9 Å². The van der Waals surface area contributed by atoms with Gasteiger partial charge >= 0.3 is 5.69 Å². The fraction of sp³-hybridized carbons (Fsp3) is 0.292. The normalized spacial score (nSPS) is 15.8. The summed E-state index contributed by atoms with van der Waals surface area (Å²) in [6.45, 7) is 4.58. The largest absolute Gasteiger partial charge is 0.330 e. The van der Waals surface area contributed by atoms with Crippen molar-refractivity contribution in [3.63, 3.8) is 0 Å². The van der Waals surface area contributed by atoms with Crippen LogP contribution >= 0.6 is 0 Å². The molecule has 0 saturated carbocycles. The van der Waals surface area contributed by atoms with Crippen LogP contribution in [0.15, 0.2) is 64.2 Å². The van der Waals surface area contributed by atoms with Gasteiger partial charge in [0, 0.05) is 12.2 Å². The van der Waals surface area contributed by atoms with Gasteiger partial charge in [0.2, 0.25) is 0 Å². The van der Waals surface area contributed by atoms with Crippen LogP contribution in [0, 0.1) is 11.3 Å². The number of anilines is 2. The van der Waals surface area contributed by atoms with Crippen molar-refractivity contribution in [2.75, 3.05) is 11.4 Å². The highest BCUT2D eigenvalue weighted by atomic mass is 16.2. The lowest BCUT2D eigenvalue weighted by molar-refractivity contribution is 0.567. The van der Waals surface area contributed by atoms with Crippen molar-refractivity contribution in [1.29, 1.82) is 5.26 Å². The summed E-state index contributed by atoms with van der Waals surface area (Å²) in [6, 6.07) is 18.9. The molecule has 1 aliphatic heterocycles. The van der Waals surface area contributed by atoms with Crippen LogP contribution in [0.1, 0.15) is 55.3 Å². The van der Waals surface area contributed by atoms with Gasteiger partial charge < -0.3 is 4.90 Å². The van der Waals surface area contributed by atoms with Crippen LogP contribution in [-0.4, -0.2) is 16.1 Å². The maximum absolute atomic E-state index is 13.6. The summed E-state index contributed by atoms with van der Waals surface area (Å²) in [7, 11) is 0. The average molecular weight is 400 g/mol. The van der Waals surface area contributed by atoms with Gasteiger partial charge in [0.15, 0.2) is 0 Å².